The number of aryl methyl sites for hydroxylation is 1. The van der Waals surface area contributed by atoms with Gasteiger partial charge in [0.1, 0.15) is 17.6 Å². The van der Waals surface area contributed by atoms with E-state index >= 15 is 0 Å². The zero-order valence-corrected chi connectivity index (χ0v) is 19.6. The summed E-state index contributed by atoms with van der Waals surface area (Å²) in [5, 5.41) is 6.78. The molecule has 0 saturated carbocycles. The molecule has 0 spiro atoms. The van der Waals surface area contributed by atoms with Gasteiger partial charge in [-0.15, -0.1) is 0 Å². The second-order valence-electron chi connectivity index (χ2n) is 8.70. The minimum Gasteiger partial charge on any atom is -0.454 e. The standard InChI is InChI=1S/C26H20FN5O5/c1-14-5-7-18-23(34)19(26-30-24(31-37-26)15-3-2-4-16(27)9-15)11-32(25(18)28-14)12-22(33)29-17-6-8-20-21(10-17)36-13-35-20/h2-10,19H,11-13H2,1H3,(H,29,33). The van der Waals surface area contributed by atoms with Crippen LogP contribution in [0.3, 0.4) is 0 Å². The van der Waals surface area contributed by atoms with Gasteiger partial charge in [0.25, 0.3) is 0 Å². The lowest BCUT2D eigenvalue weighted by Gasteiger charge is -2.32. The topological polar surface area (TPSA) is 120 Å². The van der Waals surface area contributed by atoms with Crippen molar-refractivity contribution >= 4 is 23.2 Å². The van der Waals surface area contributed by atoms with Gasteiger partial charge in [-0.1, -0.05) is 17.3 Å². The number of carbonyl (C=O) groups is 2. The predicted molar refractivity (Wildman–Crippen MR) is 129 cm³/mol. The predicted octanol–water partition coefficient (Wildman–Crippen LogP) is 3.73. The Morgan fingerprint density at radius 2 is 1.97 bits per heavy atom. The van der Waals surface area contributed by atoms with Gasteiger partial charge in [-0.2, -0.15) is 4.98 Å². The number of nitrogens with one attached hydrogen (secondary N) is 1. The van der Waals surface area contributed by atoms with E-state index in [0.717, 1.165) is 0 Å². The Morgan fingerprint density at radius 3 is 2.84 bits per heavy atom. The number of benzene rings is 2. The number of carbonyl (C=O) groups excluding carboxylic acids is 2. The molecule has 1 N–H and O–H groups in total. The van der Waals surface area contributed by atoms with Crippen LogP contribution in [0.1, 0.15) is 27.9 Å². The molecule has 2 aliphatic heterocycles. The molecule has 1 atom stereocenters. The molecule has 4 heterocycles. The number of fused-ring (bicyclic) bond motifs is 2. The van der Waals surface area contributed by atoms with E-state index in [9.17, 15) is 14.0 Å². The first-order chi connectivity index (χ1) is 17.9. The van der Waals surface area contributed by atoms with Crippen LogP contribution in [0.5, 0.6) is 11.5 Å². The number of amides is 1. The summed E-state index contributed by atoms with van der Waals surface area (Å²) in [6, 6.07) is 14.3. The molecule has 0 aliphatic carbocycles. The number of hydrogen-bond donors (Lipinski definition) is 1. The van der Waals surface area contributed by atoms with Crippen LogP contribution in [0.15, 0.2) is 59.1 Å². The SMILES string of the molecule is Cc1ccc2c(n1)N(CC(=O)Nc1ccc3c(c1)OCO3)CC(c1nc(-c3cccc(F)c3)no1)C2=O. The first-order valence-electron chi connectivity index (χ1n) is 11.5. The molecule has 0 bridgehead atoms. The fourth-order valence-corrected chi connectivity index (χ4v) is 4.35. The van der Waals surface area contributed by atoms with Gasteiger partial charge in [-0.25, -0.2) is 9.37 Å². The fraction of sp³-hybridized carbons (Fsp3) is 0.192. The van der Waals surface area contributed by atoms with Crippen LogP contribution in [-0.4, -0.2) is 46.7 Å². The Labute approximate surface area is 210 Å². The number of anilines is 2. The smallest absolute Gasteiger partial charge is 0.243 e. The molecule has 2 aromatic heterocycles. The van der Waals surface area contributed by atoms with Gasteiger partial charge in [-0.3, -0.25) is 9.59 Å². The van der Waals surface area contributed by atoms with Crippen molar-refractivity contribution in [2.75, 3.05) is 30.1 Å². The van der Waals surface area contributed by atoms with Crippen molar-refractivity contribution in [3.63, 3.8) is 0 Å². The summed E-state index contributed by atoms with van der Waals surface area (Å²) in [7, 11) is 0. The van der Waals surface area contributed by atoms with E-state index in [4.69, 9.17) is 14.0 Å². The van der Waals surface area contributed by atoms with E-state index < -0.39 is 11.7 Å². The van der Waals surface area contributed by atoms with E-state index in [1.165, 1.54) is 18.2 Å². The van der Waals surface area contributed by atoms with Gasteiger partial charge < -0.3 is 24.2 Å². The highest BCUT2D eigenvalue weighted by molar-refractivity contribution is 6.07. The van der Waals surface area contributed by atoms with Crippen molar-refractivity contribution in [1.29, 1.82) is 0 Å². The molecule has 186 valence electrons. The number of nitrogens with zero attached hydrogens (tertiary/aromatic N) is 4. The molecular weight excluding hydrogens is 481 g/mol. The van der Waals surface area contributed by atoms with Crippen LogP contribution in [0.25, 0.3) is 11.4 Å². The normalized spacial score (nSPS) is 16.0. The largest absolute Gasteiger partial charge is 0.454 e. The van der Waals surface area contributed by atoms with E-state index in [1.54, 1.807) is 41.3 Å². The van der Waals surface area contributed by atoms with Crippen LogP contribution in [-0.2, 0) is 4.79 Å². The molecule has 10 nitrogen and oxygen atoms in total. The van der Waals surface area contributed by atoms with Gasteiger partial charge in [-0.05, 0) is 43.3 Å². The number of rotatable bonds is 5. The maximum Gasteiger partial charge on any atom is 0.243 e. The van der Waals surface area contributed by atoms with Crippen LogP contribution < -0.4 is 19.7 Å². The molecule has 0 fully saturated rings. The Hall–Kier alpha value is -4.80. The van der Waals surface area contributed by atoms with Crippen LogP contribution in [0.4, 0.5) is 15.9 Å². The van der Waals surface area contributed by atoms with Crippen LogP contribution in [0, 0.1) is 12.7 Å². The second-order valence-corrected chi connectivity index (χ2v) is 8.70. The molecule has 1 unspecified atom stereocenters. The molecule has 6 rings (SSSR count). The molecule has 1 amide bonds. The highest BCUT2D eigenvalue weighted by Gasteiger charge is 2.38. The van der Waals surface area contributed by atoms with E-state index in [2.05, 4.69) is 20.4 Å². The summed E-state index contributed by atoms with van der Waals surface area (Å²) in [6.45, 7) is 1.97. The van der Waals surface area contributed by atoms with E-state index in [1.807, 2.05) is 6.92 Å². The third-order valence-corrected chi connectivity index (χ3v) is 6.11. The molecule has 11 heteroatoms. The zero-order chi connectivity index (χ0) is 25.5. The van der Waals surface area contributed by atoms with Crippen LogP contribution >= 0.6 is 0 Å². The number of pyridine rings is 1. The molecule has 2 aliphatic rings. The van der Waals surface area contributed by atoms with Crippen molar-refractivity contribution in [1.82, 2.24) is 15.1 Å². The summed E-state index contributed by atoms with van der Waals surface area (Å²) >= 11 is 0. The highest BCUT2D eigenvalue weighted by atomic mass is 19.1. The van der Waals surface area contributed by atoms with Crippen molar-refractivity contribution in [2.45, 2.75) is 12.8 Å². The second kappa shape index (κ2) is 9.01. The maximum atomic E-state index is 13.7. The van der Waals surface area contributed by atoms with Crippen molar-refractivity contribution < 1.29 is 28.0 Å². The van der Waals surface area contributed by atoms with E-state index in [0.29, 0.717) is 39.8 Å². The number of ether oxygens (including phenoxy) is 2. The molecule has 0 radical (unpaired) electrons. The monoisotopic (exact) mass is 501 g/mol. The first-order valence-corrected chi connectivity index (χ1v) is 11.5. The van der Waals surface area contributed by atoms with Crippen molar-refractivity contribution in [3.05, 3.63) is 77.6 Å². The zero-order valence-electron chi connectivity index (χ0n) is 19.6. The Balaban J connectivity index is 1.26. The molecule has 2 aromatic carbocycles. The quantitative estimate of drug-likeness (QED) is 0.436. The Bertz CT molecular complexity index is 1540. The summed E-state index contributed by atoms with van der Waals surface area (Å²) in [5.74, 6) is -0.00379. The summed E-state index contributed by atoms with van der Waals surface area (Å²) in [4.78, 5) is 37.0. The minimum absolute atomic E-state index is 0.0768. The summed E-state index contributed by atoms with van der Waals surface area (Å²) in [5.41, 5.74) is 2.03. The molecular formula is C26H20FN5O5. The van der Waals surface area contributed by atoms with Gasteiger partial charge in [0.05, 0.1) is 12.1 Å². The minimum atomic E-state index is -0.829. The van der Waals surface area contributed by atoms with Gasteiger partial charge in [0.2, 0.25) is 24.4 Å². The lowest BCUT2D eigenvalue weighted by atomic mass is 9.92. The number of halogens is 1. The lowest BCUT2D eigenvalue weighted by molar-refractivity contribution is -0.115. The number of aromatic nitrogens is 3. The average molecular weight is 501 g/mol. The Morgan fingerprint density at radius 1 is 1.11 bits per heavy atom. The van der Waals surface area contributed by atoms with Gasteiger partial charge in [0.15, 0.2) is 17.3 Å². The highest BCUT2D eigenvalue weighted by Crippen LogP contribution is 2.35. The summed E-state index contributed by atoms with van der Waals surface area (Å²) in [6.07, 6.45) is 0. The van der Waals surface area contributed by atoms with Crippen molar-refractivity contribution in [2.24, 2.45) is 0 Å². The van der Waals surface area contributed by atoms with E-state index in [-0.39, 0.29) is 43.3 Å². The molecule has 4 aromatic rings. The van der Waals surface area contributed by atoms with Gasteiger partial charge in [0, 0.05) is 29.6 Å². The Kier molecular flexibility index (Phi) is 5.52. The third kappa shape index (κ3) is 4.35. The average Bonchev–Trinajstić information content (AvgIpc) is 3.55. The number of ketones is 1. The van der Waals surface area contributed by atoms with Gasteiger partial charge >= 0.3 is 0 Å². The number of hydrogen-bond acceptors (Lipinski definition) is 9. The van der Waals surface area contributed by atoms with Crippen molar-refractivity contribution in [3.8, 4) is 22.9 Å². The first kappa shape index (κ1) is 22.7. The summed E-state index contributed by atoms with van der Waals surface area (Å²) < 4.78 is 29.8. The van der Waals surface area contributed by atoms with Crippen LogP contribution in [0.2, 0.25) is 0 Å². The lowest BCUT2D eigenvalue weighted by Crippen LogP contribution is -2.43. The molecule has 37 heavy (non-hydrogen) atoms. The maximum absolute atomic E-state index is 13.7. The number of Topliss-reactive ketones (excluding diaryl/α,β-unsaturated/α-hetero) is 1. The third-order valence-electron chi connectivity index (χ3n) is 6.11. The molecule has 0 saturated heterocycles. The fourth-order valence-electron chi connectivity index (χ4n) is 4.35.